The lowest BCUT2D eigenvalue weighted by Crippen LogP contribution is -2.41. The topological polar surface area (TPSA) is 76.9 Å². The van der Waals surface area contributed by atoms with E-state index < -0.39 is 15.6 Å². The highest BCUT2D eigenvalue weighted by molar-refractivity contribution is 7.89. The Labute approximate surface area is 122 Å². The number of aromatic nitrogens is 3. The second-order valence-corrected chi connectivity index (χ2v) is 8.11. The molecule has 2 rings (SSSR count). The summed E-state index contributed by atoms with van der Waals surface area (Å²) in [5.74, 6) is 0.647. The van der Waals surface area contributed by atoms with Crippen molar-refractivity contribution in [1.82, 2.24) is 19.3 Å². The zero-order chi connectivity index (χ0) is 15.1. The second-order valence-electron chi connectivity index (χ2n) is 5.24. The second kappa shape index (κ2) is 4.94. The molecule has 2 aromatic rings. The fourth-order valence-electron chi connectivity index (χ4n) is 1.73. The molecule has 0 saturated heterocycles. The van der Waals surface area contributed by atoms with Crippen LogP contribution in [0.3, 0.4) is 0 Å². The third-order valence-corrected chi connectivity index (χ3v) is 5.67. The molecule has 0 fully saturated rings. The Morgan fingerprint density at radius 2 is 2.00 bits per heavy atom. The van der Waals surface area contributed by atoms with E-state index in [1.807, 2.05) is 6.92 Å². The van der Waals surface area contributed by atoms with Crippen LogP contribution in [0.15, 0.2) is 17.4 Å². The molecule has 20 heavy (non-hydrogen) atoms. The highest BCUT2D eigenvalue weighted by atomic mass is 32.2. The summed E-state index contributed by atoms with van der Waals surface area (Å²) in [6, 6.07) is 0. The molecule has 0 radical (unpaired) electrons. The highest BCUT2D eigenvalue weighted by Gasteiger charge is 2.31. The number of imidazole rings is 1. The summed E-state index contributed by atoms with van der Waals surface area (Å²) in [4.78, 5) is 9.36. The van der Waals surface area contributed by atoms with Crippen molar-refractivity contribution in [2.45, 2.75) is 38.3 Å². The first-order valence-corrected chi connectivity index (χ1v) is 8.38. The van der Waals surface area contributed by atoms with Crippen molar-refractivity contribution in [3.63, 3.8) is 0 Å². The van der Waals surface area contributed by atoms with Crippen LogP contribution in [0, 0.1) is 13.8 Å². The Kier molecular flexibility index (Phi) is 3.74. The van der Waals surface area contributed by atoms with Gasteiger partial charge in [-0.05, 0) is 27.7 Å². The standard InChI is InChI=1S/C12H18N4O2S2/c1-8-6-13-11(19-8)12(3,4)15-20(17,18)10-7-16(5)9(2)14-10/h6-7,15H,1-5H3. The Morgan fingerprint density at radius 3 is 2.45 bits per heavy atom. The molecule has 0 bridgehead atoms. The number of nitrogens with zero attached hydrogens (tertiary/aromatic N) is 3. The predicted molar refractivity (Wildman–Crippen MR) is 78.1 cm³/mol. The van der Waals surface area contributed by atoms with Gasteiger partial charge in [0.15, 0.2) is 5.03 Å². The zero-order valence-electron chi connectivity index (χ0n) is 12.1. The average Bonchev–Trinajstić information content (AvgIpc) is 2.86. The predicted octanol–water partition coefficient (Wildman–Crippen LogP) is 1.71. The molecule has 2 aromatic heterocycles. The largest absolute Gasteiger partial charge is 0.337 e. The van der Waals surface area contributed by atoms with E-state index in [-0.39, 0.29) is 5.03 Å². The summed E-state index contributed by atoms with van der Waals surface area (Å²) in [7, 11) is -1.91. The van der Waals surface area contributed by atoms with Gasteiger partial charge >= 0.3 is 0 Å². The summed E-state index contributed by atoms with van der Waals surface area (Å²) >= 11 is 1.48. The number of hydrogen-bond acceptors (Lipinski definition) is 5. The van der Waals surface area contributed by atoms with E-state index >= 15 is 0 Å². The van der Waals surface area contributed by atoms with Crippen LogP contribution < -0.4 is 4.72 Å². The lowest BCUT2D eigenvalue weighted by atomic mass is 10.1. The van der Waals surface area contributed by atoms with Crippen molar-refractivity contribution in [1.29, 1.82) is 0 Å². The maximum absolute atomic E-state index is 12.4. The Morgan fingerprint density at radius 1 is 1.35 bits per heavy atom. The molecule has 0 aromatic carbocycles. The molecule has 0 atom stereocenters. The molecule has 0 unspecified atom stereocenters. The maximum Gasteiger partial charge on any atom is 0.260 e. The molecule has 0 amide bonds. The summed E-state index contributed by atoms with van der Waals surface area (Å²) < 4.78 is 29.1. The number of nitrogens with one attached hydrogen (secondary N) is 1. The molecule has 6 nitrogen and oxygen atoms in total. The van der Waals surface area contributed by atoms with Crippen molar-refractivity contribution in [3.8, 4) is 0 Å². The number of rotatable bonds is 4. The molecule has 2 heterocycles. The van der Waals surface area contributed by atoms with E-state index in [4.69, 9.17) is 0 Å². The van der Waals surface area contributed by atoms with Gasteiger partial charge < -0.3 is 4.57 Å². The minimum atomic E-state index is -3.67. The summed E-state index contributed by atoms with van der Waals surface area (Å²) in [5, 5.41) is 0.755. The fraction of sp³-hybridized carbons (Fsp3) is 0.500. The lowest BCUT2D eigenvalue weighted by molar-refractivity contribution is 0.468. The van der Waals surface area contributed by atoms with Crippen LogP contribution in [0.25, 0.3) is 0 Å². The Balaban J connectivity index is 2.32. The van der Waals surface area contributed by atoms with Gasteiger partial charge in [-0.3, -0.25) is 0 Å². The number of hydrogen-bond donors (Lipinski definition) is 1. The van der Waals surface area contributed by atoms with Crippen molar-refractivity contribution in [2.75, 3.05) is 0 Å². The van der Waals surface area contributed by atoms with Gasteiger partial charge in [0.25, 0.3) is 10.0 Å². The first kappa shape index (κ1) is 15.1. The van der Waals surface area contributed by atoms with Crippen LogP contribution in [-0.4, -0.2) is 23.0 Å². The van der Waals surface area contributed by atoms with Gasteiger partial charge in [0.2, 0.25) is 0 Å². The molecular weight excluding hydrogens is 296 g/mol. The van der Waals surface area contributed by atoms with E-state index in [0.717, 1.165) is 9.88 Å². The van der Waals surface area contributed by atoms with Crippen LogP contribution in [0.5, 0.6) is 0 Å². The first-order valence-electron chi connectivity index (χ1n) is 6.09. The lowest BCUT2D eigenvalue weighted by Gasteiger charge is -2.22. The van der Waals surface area contributed by atoms with E-state index in [2.05, 4.69) is 14.7 Å². The molecular formula is C12H18N4O2S2. The Hall–Kier alpha value is -1.25. The SMILES string of the molecule is Cc1cnc(C(C)(C)NS(=O)(=O)c2cn(C)c(C)n2)s1. The minimum Gasteiger partial charge on any atom is -0.337 e. The molecule has 0 aliphatic carbocycles. The van der Waals surface area contributed by atoms with Crippen molar-refractivity contribution in [2.24, 2.45) is 7.05 Å². The zero-order valence-corrected chi connectivity index (χ0v) is 13.8. The van der Waals surface area contributed by atoms with Gasteiger partial charge in [0.05, 0.1) is 5.54 Å². The van der Waals surface area contributed by atoms with E-state index in [9.17, 15) is 8.42 Å². The summed E-state index contributed by atoms with van der Waals surface area (Å²) in [5.41, 5.74) is -0.775. The summed E-state index contributed by atoms with van der Waals surface area (Å²) in [6.45, 7) is 7.28. The van der Waals surface area contributed by atoms with Crippen molar-refractivity contribution < 1.29 is 8.42 Å². The molecule has 0 aliphatic heterocycles. The van der Waals surface area contributed by atoms with Crippen LogP contribution >= 0.6 is 11.3 Å². The number of thiazole rings is 1. The maximum atomic E-state index is 12.4. The molecule has 0 aliphatic rings. The smallest absolute Gasteiger partial charge is 0.260 e. The van der Waals surface area contributed by atoms with Gasteiger partial charge in [-0.1, -0.05) is 0 Å². The van der Waals surface area contributed by atoms with Gasteiger partial charge in [-0.25, -0.2) is 18.4 Å². The molecule has 0 spiro atoms. The van der Waals surface area contributed by atoms with Crippen LogP contribution in [0.4, 0.5) is 0 Å². The van der Waals surface area contributed by atoms with E-state index in [0.29, 0.717) is 5.82 Å². The first-order chi connectivity index (χ1) is 9.12. The quantitative estimate of drug-likeness (QED) is 0.932. The van der Waals surface area contributed by atoms with Gasteiger partial charge in [0, 0.05) is 24.3 Å². The van der Waals surface area contributed by atoms with Crippen LogP contribution in [0.1, 0.15) is 29.6 Å². The van der Waals surface area contributed by atoms with Crippen molar-refractivity contribution >= 4 is 21.4 Å². The van der Waals surface area contributed by atoms with Gasteiger partial charge in [-0.2, -0.15) is 4.72 Å². The van der Waals surface area contributed by atoms with E-state index in [1.165, 1.54) is 17.5 Å². The third-order valence-electron chi connectivity index (χ3n) is 2.91. The normalized spacial score (nSPS) is 12.8. The average molecular weight is 314 g/mol. The monoisotopic (exact) mass is 314 g/mol. The number of sulfonamides is 1. The number of aryl methyl sites for hydroxylation is 3. The Bertz CT molecular complexity index is 709. The third kappa shape index (κ3) is 2.92. The van der Waals surface area contributed by atoms with Gasteiger partial charge in [-0.15, -0.1) is 11.3 Å². The fourth-order valence-corrected chi connectivity index (χ4v) is 4.04. The highest BCUT2D eigenvalue weighted by Crippen LogP contribution is 2.26. The summed E-state index contributed by atoms with van der Waals surface area (Å²) in [6.07, 6.45) is 3.24. The minimum absolute atomic E-state index is 0.0267. The molecule has 110 valence electrons. The molecule has 0 saturated carbocycles. The van der Waals surface area contributed by atoms with Crippen LogP contribution in [-0.2, 0) is 22.6 Å². The van der Waals surface area contributed by atoms with Gasteiger partial charge in [0.1, 0.15) is 10.8 Å². The molecule has 1 N–H and O–H groups in total. The molecule has 8 heteroatoms. The van der Waals surface area contributed by atoms with Crippen molar-refractivity contribution in [3.05, 3.63) is 28.1 Å². The van der Waals surface area contributed by atoms with E-state index in [1.54, 1.807) is 38.6 Å². The van der Waals surface area contributed by atoms with Crippen LogP contribution in [0.2, 0.25) is 0 Å².